The van der Waals surface area contributed by atoms with Crippen molar-refractivity contribution >= 4 is 17.3 Å². The molecule has 1 aliphatic heterocycles. The number of rotatable bonds is 10. The van der Waals surface area contributed by atoms with Gasteiger partial charge in [0.25, 0.3) is 11.6 Å². The van der Waals surface area contributed by atoms with E-state index in [1.807, 2.05) is 6.07 Å². The molecule has 0 bridgehead atoms. The molecule has 0 radical (unpaired) electrons. The average Bonchev–Trinajstić information content (AvgIpc) is 2.76. The van der Waals surface area contributed by atoms with Crippen LogP contribution < -0.4 is 20.4 Å². The van der Waals surface area contributed by atoms with Crippen LogP contribution in [0.15, 0.2) is 54.6 Å². The predicted octanol–water partition coefficient (Wildman–Crippen LogP) is -0.503. The first kappa shape index (κ1) is 21.7. The molecule has 30 heavy (non-hydrogen) atoms. The minimum Gasteiger partial charge on any atom is -0.385 e. The fraction of sp³-hybridized carbons (Fsp3) is 0.409. The van der Waals surface area contributed by atoms with Crippen molar-refractivity contribution < 1.29 is 19.5 Å². The third kappa shape index (κ3) is 7.13. The number of anilines is 1. The van der Waals surface area contributed by atoms with Gasteiger partial charge in [0.1, 0.15) is 32.7 Å². The van der Waals surface area contributed by atoms with Crippen molar-refractivity contribution in [1.82, 2.24) is 5.32 Å². The summed E-state index contributed by atoms with van der Waals surface area (Å²) in [6.07, 6.45) is 0.799. The van der Waals surface area contributed by atoms with Crippen LogP contribution in [0.3, 0.4) is 0 Å². The number of carbonyl (C=O) groups is 1. The van der Waals surface area contributed by atoms with Gasteiger partial charge in [-0.1, -0.05) is 30.3 Å². The molecule has 0 saturated carbocycles. The molecule has 3 rings (SSSR count). The summed E-state index contributed by atoms with van der Waals surface area (Å²) in [7, 11) is 0. The summed E-state index contributed by atoms with van der Waals surface area (Å²) in [4.78, 5) is 25.4. The van der Waals surface area contributed by atoms with Gasteiger partial charge in [0.05, 0.1) is 4.92 Å². The fourth-order valence-corrected chi connectivity index (χ4v) is 3.73. The van der Waals surface area contributed by atoms with Crippen LogP contribution in [0.5, 0.6) is 0 Å². The zero-order valence-corrected chi connectivity index (χ0v) is 17.2. The maximum absolute atomic E-state index is 12.2. The Morgan fingerprint density at radius 1 is 0.933 bits per heavy atom. The highest BCUT2D eigenvalue weighted by atomic mass is 16.6. The van der Waals surface area contributed by atoms with E-state index in [9.17, 15) is 14.9 Å². The zero-order valence-electron chi connectivity index (χ0n) is 17.2. The molecule has 0 aromatic heterocycles. The number of amides is 1. The highest BCUT2D eigenvalue weighted by molar-refractivity contribution is 5.76. The zero-order chi connectivity index (χ0) is 21.2. The summed E-state index contributed by atoms with van der Waals surface area (Å²) in [6.45, 7) is 7.16. The Labute approximate surface area is 177 Å². The Kier molecular flexibility index (Phi) is 8.17. The second-order valence-corrected chi connectivity index (χ2v) is 7.77. The number of nitrogens with zero attached hydrogens (tertiary/aromatic N) is 1. The third-order valence-corrected chi connectivity index (χ3v) is 5.45. The number of nitro groups is 1. The van der Waals surface area contributed by atoms with Crippen LogP contribution in [0, 0.1) is 10.1 Å². The van der Waals surface area contributed by atoms with Crippen molar-refractivity contribution in [1.29, 1.82) is 0 Å². The first-order chi connectivity index (χ1) is 14.6. The summed E-state index contributed by atoms with van der Waals surface area (Å²) >= 11 is 0. The summed E-state index contributed by atoms with van der Waals surface area (Å²) in [5.74, 6) is 0.104. The maximum atomic E-state index is 12.2. The van der Waals surface area contributed by atoms with Gasteiger partial charge in [0.2, 0.25) is 0 Å². The van der Waals surface area contributed by atoms with Gasteiger partial charge in [0, 0.05) is 36.5 Å². The molecular weight excluding hydrogens is 382 g/mol. The van der Waals surface area contributed by atoms with Crippen molar-refractivity contribution in [3.8, 4) is 0 Å². The molecule has 1 heterocycles. The lowest BCUT2D eigenvalue weighted by Crippen LogP contribution is -3.28. The fourth-order valence-electron chi connectivity index (χ4n) is 3.73. The Balaban J connectivity index is 1.25. The van der Waals surface area contributed by atoms with Gasteiger partial charge in [0.15, 0.2) is 6.54 Å². The van der Waals surface area contributed by atoms with E-state index in [4.69, 9.17) is 0 Å². The lowest BCUT2D eigenvalue weighted by molar-refractivity contribution is -1.02. The van der Waals surface area contributed by atoms with E-state index in [1.165, 1.54) is 22.6 Å². The molecule has 8 nitrogen and oxygen atoms in total. The van der Waals surface area contributed by atoms with Gasteiger partial charge in [-0.25, -0.2) is 0 Å². The van der Waals surface area contributed by atoms with Crippen molar-refractivity contribution in [2.45, 2.75) is 13.0 Å². The number of carbonyl (C=O) groups excluding carboxylic acids is 1. The van der Waals surface area contributed by atoms with Gasteiger partial charge >= 0.3 is 0 Å². The number of nitrogens with one attached hydrogen (secondary N) is 4. The molecular formula is C22H31N5O3+2. The van der Waals surface area contributed by atoms with Crippen LogP contribution in [0.1, 0.15) is 12.0 Å². The molecule has 2 aromatic carbocycles. The number of quaternary nitrogens is 2. The second-order valence-electron chi connectivity index (χ2n) is 7.77. The van der Waals surface area contributed by atoms with Gasteiger partial charge in [-0.2, -0.15) is 0 Å². The Bertz CT molecular complexity index is 805. The number of hydrogen-bond donors (Lipinski definition) is 4. The third-order valence-electron chi connectivity index (χ3n) is 5.45. The smallest absolute Gasteiger partial charge is 0.275 e. The molecule has 2 aromatic rings. The van der Waals surface area contributed by atoms with Crippen molar-refractivity contribution in [2.24, 2.45) is 0 Å². The summed E-state index contributed by atoms with van der Waals surface area (Å²) < 4.78 is 0. The molecule has 8 heteroatoms. The van der Waals surface area contributed by atoms with E-state index in [0.29, 0.717) is 19.6 Å². The van der Waals surface area contributed by atoms with Crippen LogP contribution in [-0.4, -0.2) is 56.6 Å². The first-order valence-corrected chi connectivity index (χ1v) is 10.6. The number of non-ortho nitro benzene ring substituents is 1. The molecule has 1 saturated heterocycles. The quantitative estimate of drug-likeness (QED) is 0.240. The minimum atomic E-state index is -0.411. The van der Waals surface area contributed by atoms with E-state index < -0.39 is 4.92 Å². The molecule has 0 atom stereocenters. The van der Waals surface area contributed by atoms with Gasteiger partial charge in [-0.05, 0) is 18.6 Å². The van der Waals surface area contributed by atoms with Crippen LogP contribution in [0.2, 0.25) is 0 Å². The monoisotopic (exact) mass is 413 g/mol. The molecule has 4 N–H and O–H groups in total. The summed E-state index contributed by atoms with van der Waals surface area (Å²) in [5.41, 5.74) is 2.29. The largest absolute Gasteiger partial charge is 0.385 e. The number of benzene rings is 2. The Hall–Kier alpha value is -2.97. The van der Waals surface area contributed by atoms with Gasteiger partial charge in [-0.15, -0.1) is 0 Å². The van der Waals surface area contributed by atoms with Crippen LogP contribution in [-0.2, 0) is 11.3 Å². The summed E-state index contributed by atoms with van der Waals surface area (Å²) in [5, 5.41) is 16.9. The van der Waals surface area contributed by atoms with E-state index in [-0.39, 0.29) is 11.6 Å². The molecule has 1 fully saturated rings. The normalized spacial score (nSPS) is 18.5. The van der Waals surface area contributed by atoms with Crippen LogP contribution in [0.25, 0.3) is 0 Å². The molecule has 0 aliphatic carbocycles. The van der Waals surface area contributed by atoms with E-state index in [0.717, 1.165) is 44.8 Å². The molecule has 1 aliphatic rings. The number of hydrogen-bond acceptors (Lipinski definition) is 4. The SMILES string of the molecule is O=C(C[NH+]1CC[NH+](Cc2ccccc2)CC1)NCCCNc1ccc([N+](=O)[O-])cc1. The lowest BCUT2D eigenvalue weighted by atomic mass is 10.2. The maximum Gasteiger partial charge on any atom is 0.275 e. The number of piperazine rings is 1. The predicted molar refractivity (Wildman–Crippen MR) is 116 cm³/mol. The second kappa shape index (κ2) is 11.3. The molecule has 1 amide bonds. The van der Waals surface area contributed by atoms with Gasteiger partial charge in [-0.3, -0.25) is 14.9 Å². The first-order valence-electron chi connectivity index (χ1n) is 10.6. The van der Waals surface area contributed by atoms with Gasteiger partial charge < -0.3 is 20.4 Å². The van der Waals surface area contributed by atoms with E-state index >= 15 is 0 Å². The summed E-state index contributed by atoms with van der Waals surface area (Å²) in [6, 6.07) is 16.9. The molecule has 0 unspecified atom stereocenters. The van der Waals surface area contributed by atoms with E-state index in [1.54, 1.807) is 17.0 Å². The van der Waals surface area contributed by atoms with E-state index in [2.05, 4.69) is 34.9 Å². The standard InChI is InChI=1S/C22H29N5O3/c28-22(24-12-4-11-23-20-7-9-21(10-8-20)27(29)30)18-26-15-13-25(14-16-26)17-19-5-2-1-3-6-19/h1-3,5-10,23H,4,11-18H2,(H,24,28)/p+2. The van der Waals surface area contributed by atoms with Crippen LogP contribution >= 0.6 is 0 Å². The van der Waals surface area contributed by atoms with Crippen LogP contribution in [0.4, 0.5) is 11.4 Å². The average molecular weight is 414 g/mol. The minimum absolute atomic E-state index is 0.0813. The lowest BCUT2D eigenvalue weighted by Gasteiger charge is -2.29. The van der Waals surface area contributed by atoms with Crippen molar-refractivity contribution in [3.63, 3.8) is 0 Å². The number of nitro benzene ring substituents is 1. The topological polar surface area (TPSA) is 93.2 Å². The Morgan fingerprint density at radius 2 is 1.60 bits per heavy atom. The highest BCUT2D eigenvalue weighted by Gasteiger charge is 2.24. The highest BCUT2D eigenvalue weighted by Crippen LogP contribution is 2.15. The molecule has 160 valence electrons. The van der Waals surface area contributed by atoms with Crippen molar-refractivity contribution in [3.05, 3.63) is 70.3 Å². The Morgan fingerprint density at radius 3 is 2.27 bits per heavy atom. The van der Waals surface area contributed by atoms with Crippen molar-refractivity contribution in [2.75, 3.05) is 51.1 Å². The molecule has 0 spiro atoms.